The largest absolute Gasteiger partial charge is 0.378 e. The van der Waals surface area contributed by atoms with E-state index in [1.807, 2.05) is 12.1 Å². The molecule has 1 aromatic carbocycles. The highest BCUT2D eigenvalue weighted by Crippen LogP contribution is 2.19. The molecule has 2 aliphatic rings. The van der Waals surface area contributed by atoms with Crippen molar-refractivity contribution >= 4 is 23.2 Å². The van der Waals surface area contributed by atoms with Gasteiger partial charge in [-0.2, -0.15) is 0 Å². The van der Waals surface area contributed by atoms with Gasteiger partial charge in [0, 0.05) is 57.0 Å². The van der Waals surface area contributed by atoms with Crippen molar-refractivity contribution in [3.8, 4) is 0 Å². The van der Waals surface area contributed by atoms with E-state index in [0.29, 0.717) is 45.0 Å². The Bertz CT molecular complexity index is 859. The molecule has 152 valence electrons. The molecule has 2 aliphatic heterocycles. The maximum atomic E-state index is 12.6. The summed E-state index contributed by atoms with van der Waals surface area (Å²) in [6.45, 7) is 5.47. The normalized spacial score (nSPS) is 17.3. The van der Waals surface area contributed by atoms with Crippen LogP contribution in [0.1, 0.15) is 10.4 Å². The van der Waals surface area contributed by atoms with E-state index in [2.05, 4.69) is 20.0 Å². The molecule has 29 heavy (non-hydrogen) atoms. The number of non-ortho nitro benzene ring substituents is 1. The van der Waals surface area contributed by atoms with Crippen molar-refractivity contribution in [3.63, 3.8) is 0 Å². The number of hydrogen-bond donors (Lipinski definition) is 0. The summed E-state index contributed by atoms with van der Waals surface area (Å²) in [4.78, 5) is 28.9. The molecule has 1 aromatic heterocycles. The zero-order valence-electron chi connectivity index (χ0n) is 15.9. The van der Waals surface area contributed by atoms with Crippen molar-refractivity contribution in [1.82, 2.24) is 15.1 Å². The number of hydrogen-bond acceptors (Lipinski definition) is 8. The lowest BCUT2D eigenvalue weighted by molar-refractivity contribution is -0.384. The van der Waals surface area contributed by atoms with Gasteiger partial charge in [0.25, 0.3) is 11.6 Å². The summed E-state index contributed by atoms with van der Waals surface area (Å²) < 4.78 is 5.36. The number of rotatable bonds is 4. The van der Waals surface area contributed by atoms with Crippen molar-refractivity contribution < 1.29 is 14.5 Å². The second kappa shape index (κ2) is 8.39. The second-order valence-electron chi connectivity index (χ2n) is 6.93. The molecule has 2 fully saturated rings. The average molecular weight is 398 g/mol. The summed E-state index contributed by atoms with van der Waals surface area (Å²) in [5, 5.41) is 19.5. The Morgan fingerprint density at radius 2 is 1.41 bits per heavy atom. The quantitative estimate of drug-likeness (QED) is 0.559. The van der Waals surface area contributed by atoms with Crippen LogP contribution in [0.3, 0.4) is 0 Å². The van der Waals surface area contributed by atoms with Crippen LogP contribution in [0.5, 0.6) is 0 Å². The van der Waals surface area contributed by atoms with E-state index in [-0.39, 0.29) is 11.6 Å². The first kappa shape index (κ1) is 19.1. The SMILES string of the molecule is O=C(c1ccc([N+](=O)[O-])cc1)N1CCN(c2ccc(N3CCOCC3)nn2)CC1. The first-order valence-electron chi connectivity index (χ1n) is 9.57. The minimum absolute atomic E-state index is 0.0227. The van der Waals surface area contributed by atoms with E-state index < -0.39 is 4.92 Å². The molecule has 0 aliphatic carbocycles. The molecule has 0 spiro atoms. The van der Waals surface area contributed by atoms with E-state index in [4.69, 9.17) is 4.74 Å². The van der Waals surface area contributed by atoms with Crippen LogP contribution in [-0.2, 0) is 4.74 Å². The maximum absolute atomic E-state index is 12.6. The number of amides is 1. The number of carbonyl (C=O) groups excluding carboxylic acids is 1. The van der Waals surface area contributed by atoms with Crippen LogP contribution in [0.15, 0.2) is 36.4 Å². The molecule has 0 N–H and O–H groups in total. The first-order chi connectivity index (χ1) is 14.1. The van der Waals surface area contributed by atoms with Gasteiger partial charge in [0.1, 0.15) is 0 Å². The number of aromatic nitrogens is 2. The van der Waals surface area contributed by atoms with Crippen LogP contribution >= 0.6 is 0 Å². The molecule has 2 saturated heterocycles. The fourth-order valence-corrected chi connectivity index (χ4v) is 3.49. The fourth-order valence-electron chi connectivity index (χ4n) is 3.49. The number of anilines is 2. The van der Waals surface area contributed by atoms with Gasteiger partial charge >= 0.3 is 0 Å². The first-order valence-corrected chi connectivity index (χ1v) is 9.57. The highest BCUT2D eigenvalue weighted by molar-refractivity contribution is 5.94. The van der Waals surface area contributed by atoms with Gasteiger partial charge < -0.3 is 19.4 Å². The minimum Gasteiger partial charge on any atom is -0.378 e. The zero-order chi connectivity index (χ0) is 20.2. The molecule has 1 amide bonds. The Morgan fingerprint density at radius 3 is 1.93 bits per heavy atom. The standard InChI is InChI=1S/C19H22N6O4/c26-19(15-1-3-16(4-2-15)25(27)28)24-9-7-22(8-10-24)17-5-6-18(21-20-17)23-11-13-29-14-12-23/h1-6H,7-14H2. The number of nitro groups is 1. The highest BCUT2D eigenvalue weighted by Gasteiger charge is 2.24. The molecular formula is C19H22N6O4. The molecule has 0 unspecified atom stereocenters. The summed E-state index contributed by atoms with van der Waals surface area (Å²) in [5.74, 6) is 1.53. The van der Waals surface area contributed by atoms with Gasteiger partial charge in [-0.3, -0.25) is 14.9 Å². The average Bonchev–Trinajstić information content (AvgIpc) is 2.79. The van der Waals surface area contributed by atoms with Gasteiger partial charge in [0.2, 0.25) is 0 Å². The molecule has 0 saturated carbocycles. The fraction of sp³-hybridized carbons (Fsp3) is 0.421. The van der Waals surface area contributed by atoms with Gasteiger partial charge in [0.05, 0.1) is 18.1 Å². The topological polar surface area (TPSA) is 105 Å². The van der Waals surface area contributed by atoms with Crippen molar-refractivity contribution in [3.05, 3.63) is 52.1 Å². The third kappa shape index (κ3) is 4.27. The summed E-state index contributed by atoms with van der Waals surface area (Å²) in [6, 6.07) is 9.66. The van der Waals surface area contributed by atoms with E-state index in [9.17, 15) is 14.9 Å². The molecule has 2 aromatic rings. The van der Waals surface area contributed by atoms with Crippen molar-refractivity contribution in [2.45, 2.75) is 0 Å². The molecule has 0 atom stereocenters. The van der Waals surface area contributed by atoms with Gasteiger partial charge in [-0.25, -0.2) is 0 Å². The Morgan fingerprint density at radius 1 is 0.862 bits per heavy atom. The number of benzene rings is 1. The lowest BCUT2D eigenvalue weighted by atomic mass is 10.1. The predicted octanol–water partition coefficient (Wildman–Crippen LogP) is 1.18. The molecule has 10 nitrogen and oxygen atoms in total. The third-order valence-corrected chi connectivity index (χ3v) is 5.19. The number of carbonyl (C=O) groups is 1. The number of ether oxygens (including phenoxy) is 1. The van der Waals surface area contributed by atoms with Crippen LogP contribution in [0.25, 0.3) is 0 Å². The lowest BCUT2D eigenvalue weighted by Gasteiger charge is -2.35. The minimum atomic E-state index is -0.474. The van der Waals surface area contributed by atoms with Gasteiger partial charge in [-0.05, 0) is 24.3 Å². The highest BCUT2D eigenvalue weighted by atomic mass is 16.6. The number of nitro benzene ring substituents is 1. The summed E-state index contributed by atoms with van der Waals surface area (Å²) >= 11 is 0. The van der Waals surface area contributed by atoms with Crippen LogP contribution in [0, 0.1) is 10.1 Å². The Hall–Kier alpha value is -3.27. The van der Waals surface area contributed by atoms with Crippen LogP contribution in [0.2, 0.25) is 0 Å². The summed E-state index contributed by atoms with van der Waals surface area (Å²) in [7, 11) is 0. The smallest absolute Gasteiger partial charge is 0.269 e. The molecule has 0 bridgehead atoms. The second-order valence-corrected chi connectivity index (χ2v) is 6.93. The number of piperazine rings is 1. The molecular weight excluding hydrogens is 376 g/mol. The molecule has 3 heterocycles. The van der Waals surface area contributed by atoms with Gasteiger partial charge in [0.15, 0.2) is 11.6 Å². The van der Waals surface area contributed by atoms with E-state index in [1.54, 1.807) is 4.90 Å². The predicted molar refractivity (Wildman–Crippen MR) is 106 cm³/mol. The maximum Gasteiger partial charge on any atom is 0.269 e. The van der Waals surface area contributed by atoms with Crippen LogP contribution in [-0.4, -0.2) is 78.4 Å². The number of morpholine rings is 1. The Labute approximate surface area is 167 Å². The van der Waals surface area contributed by atoms with E-state index in [0.717, 1.165) is 24.7 Å². The van der Waals surface area contributed by atoms with Crippen molar-refractivity contribution in [1.29, 1.82) is 0 Å². The van der Waals surface area contributed by atoms with Crippen molar-refractivity contribution in [2.24, 2.45) is 0 Å². The van der Waals surface area contributed by atoms with Gasteiger partial charge in [-0.15, -0.1) is 10.2 Å². The molecule has 10 heteroatoms. The van der Waals surface area contributed by atoms with Crippen LogP contribution < -0.4 is 9.80 Å². The van der Waals surface area contributed by atoms with Crippen molar-refractivity contribution in [2.75, 3.05) is 62.3 Å². The summed E-state index contributed by atoms with van der Waals surface area (Å²) in [6.07, 6.45) is 0. The lowest BCUT2D eigenvalue weighted by Crippen LogP contribution is -2.49. The Kier molecular flexibility index (Phi) is 5.52. The summed E-state index contributed by atoms with van der Waals surface area (Å²) in [5.41, 5.74) is 0.434. The monoisotopic (exact) mass is 398 g/mol. The molecule has 0 radical (unpaired) electrons. The number of nitrogens with zero attached hydrogens (tertiary/aromatic N) is 6. The Balaban J connectivity index is 1.34. The van der Waals surface area contributed by atoms with Gasteiger partial charge in [-0.1, -0.05) is 0 Å². The van der Waals surface area contributed by atoms with E-state index >= 15 is 0 Å². The van der Waals surface area contributed by atoms with E-state index in [1.165, 1.54) is 24.3 Å². The third-order valence-electron chi connectivity index (χ3n) is 5.19. The zero-order valence-corrected chi connectivity index (χ0v) is 15.9. The van der Waals surface area contributed by atoms with Crippen LogP contribution in [0.4, 0.5) is 17.3 Å². The molecule has 4 rings (SSSR count).